The van der Waals surface area contributed by atoms with E-state index in [1.54, 1.807) is 25.7 Å². The molecule has 0 atom stereocenters. The summed E-state index contributed by atoms with van der Waals surface area (Å²) in [5.41, 5.74) is 2.31. The number of fused-ring (bicyclic) bond motifs is 1. The van der Waals surface area contributed by atoms with Gasteiger partial charge in [-0.05, 0) is 65.8 Å². The Bertz CT molecular complexity index is 1070. The third-order valence-corrected chi connectivity index (χ3v) is 6.55. The van der Waals surface area contributed by atoms with Crippen molar-refractivity contribution >= 4 is 62.5 Å². The third kappa shape index (κ3) is 3.48. The van der Waals surface area contributed by atoms with Crippen LogP contribution in [0.2, 0.25) is 5.28 Å². The topological polar surface area (TPSA) is 80.7 Å². The SMILES string of the molecule is CP(C)(=O)c1c(Nc2nc(Cl)ncc2Br)cnc2nc(C3CC3)ccc12. The van der Waals surface area contributed by atoms with Crippen molar-refractivity contribution in [2.45, 2.75) is 18.8 Å². The first-order valence-corrected chi connectivity index (χ1v) is 11.9. The Morgan fingerprint density at radius 3 is 2.65 bits per heavy atom. The zero-order valence-electron chi connectivity index (χ0n) is 14.2. The molecular weight excluding hydrogens is 437 g/mol. The molecule has 1 aliphatic carbocycles. The highest BCUT2D eigenvalue weighted by Gasteiger charge is 2.27. The average Bonchev–Trinajstić information content (AvgIpc) is 3.41. The van der Waals surface area contributed by atoms with Crippen molar-refractivity contribution in [2.24, 2.45) is 0 Å². The van der Waals surface area contributed by atoms with Gasteiger partial charge in [0.15, 0.2) is 5.65 Å². The van der Waals surface area contributed by atoms with E-state index in [0.29, 0.717) is 32.8 Å². The van der Waals surface area contributed by atoms with Crippen molar-refractivity contribution in [1.82, 2.24) is 19.9 Å². The number of anilines is 2. The maximum atomic E-state index is 13.1. The van der Waals surface area contributed by atoms with Gasteiger partial charge in [-0.25, -0.2) is 15.0 Å². The maximum absolute atomic E-state index is 13.1. The molecule has 0 saturated heterocycles. The van der Waals surface area contributed by atoms with Crippen LogP contribution in [0, 0.1) is 0 Å². The Morgan fingerprint density at radius 2 is 1.96 bits per heavy atom. The molecule has 0 radical (unpaired) electrons. The summed E-state index contributed by atoms with van der Waals surface area (Å²) in [5.74, 6) is 1.03. The van der Waals surface area contributed by atoms with Gasteiger partial charge < -0.3 is 9.88 Å². The quantitative estimate of drug-likeness (QED) is 0.456. The number of rotatable bonds is 4. The number of halogens is 2. The summed E-state index contributed by atoms with van der Waals surface area (Å²) >= 11 is 9.29. The van der Waals surface area contributed by atoms with Crippen LogP contribution in [0.5, 0.6) is 0 Å². The average molecular weight is 453 g/mol. The van der Waals surface area contributed by atoms with Gasteiger partial charge in [0.05, 0.1) is 16.4 Å². The zero-order chi connectivity index (χ0) is 18.5. The molecule has 9 heteroatoms. The monoisotopic (exact) mass is 451 g/mol. The van der Waals surface area contributed by atoms with Crippen molar-refractivity contribution in [3.63, 3.8) is 0 Å². The molecule has 0 bridgehead atoms. The summed E-state index contributed by atoms with van der Waals surface area (Å²) in [7, 11) is -2.62. The molecule has 0 aromatic carbocycles. The summed E-state index contributed by atoms with van der Waals surface area (Å²) in [5, 5.41) is 4.81. The van der Waals surface area contributed by atoms with E-state index in [1.165, 1.54) is 12.8 Å². The lowest BCUT2D eigenvalue weighted by Gasteiger charge is -2.17. The number of hydrogen-bond donors (Lipinski definition) is 1. The normalized spacial score (nSPS) is 14.6. The summed E-state index contributed by atoms with van der Waals surface area (Å²) in [4.78, 5) is 17.3. The molecule has 3 heterocycles. The fourth-order valence-electron chi connectivity index (χ4n) is 2.92. The summed E-state index contributed by atoms with van der Waals surface area (Å²) in [6, 6.07) is 3.99. The van der Waals surface area contributed by atoms with Crippen LogP contribution in [-0.4, -0.2) is 33.3 Å². The number of aromatic nitrogens is 4. The predicted octanol–water partition coefficient (Wildman–Crippen LogP) is 4.70. The van der Waals surface area contributed by atoms with Gasteiger partial charge in [0.1, 0.15) is 13.0 Å². The first-order valence-electron chi connectivity index (χ1n) is 8.13. The molecule has 0 unspecified atom stereocenters. The molecule has 134 valence electrons. The Balaban J connectivity index is 1.87. The van der Waals surface area contributed by atoms with E-state index in [1.807, 2.05) is 12.1 Å². The molecule has 1 aliphatic rings. The maximum Gasteiger partial charge on any atom is 0.224 e. The molecule has 3 aromatic heterocycles. The van der Waals surface area contributed by atoms with E-state index in [2.05, 4.69) is 41.2 Å². The van der Waals surface area contributed by atoms with Crippen LogP contribution in [0.4, 0.5) is 11.5 Å². The molecule has 6 nitrogen and oxygen atoms in total. The van der Waals surface area contributed by atoms with Crippen molar-refractivity contribution in [3.8, 4) is 0 Å². The Hall–Kier alpha value is -1.56. The van der Waals surface area contributed by atoms with E-state index in [0.717, 1.165) is 11.1 Å². The molecule has 0 spiro atoms. The first kappa shape index (κ1) is 17.8. The van der Waals surface area contributed by atoms with Gasteiger partial charge in [-0.1, -0.05) is 0 Å². The van der Waals surface area contributed by atoms with Gasteiger partial charge in [0.25, 0.3) is 0 Å². The lowest BCUT2D eigenvalue weighted by atomic mass is 10.2. The largest absolute Gasteiger partial charge is 0.337 e. The second kappa shape index (κ2) is 6.55. The first-order chi connectivity index (χ1) is 12.3. The molecule has 1 N–H and O–H groups in total. The fourth-order valence-corrected chi connectivity index (χ4v) is 4.79. The third-order valence-electron chi connectivity index (χ3n) is 4.22. The van der Waals surface area contributed by atoms with Gasteiger partial charge >= 0.3 is 0 Å². The van der Waals surface area contributed by atoms with Gasteiger partial charge in [-0.2, -0.15) is 4.98 Å². The molecular formula is C17H16BrClN5OP. The second-order valence-corrected chi connectivity index (χ2v) is 11.1. The standard InChI is InChI=1S/C17H16BrClN5OP/c1-26(2,25)14-10-5-6-12(9-3-4-9)22-15(10)20-8-13(14)23-16-11(18)7-21-17(19)24-16/h5-9H,3-4H2,1-2H3,(H,21,23,24). The highest BCUT2D eigenvalue weighted by molar-refractivity contribution is 9.10. The minimum absolute atomic E-state index is 0.123. The minimum atomic E-state index is -2.62. The van der Waals surface area contributed by atoms with E-state index >= 15 is 0 Å². The smallest absolute Gasteiger partial charge is 0.224 e. The van der Waals surface area contributed by atoms with Crippen molar-refractivity contribution < 1.29 is 4.57 Å². The minimum Gasteiger partial charge on any atom is -0.337 e. The van der Waals surface area contributed by atoms with Gasteiger partial charge in [-0.3, -0.25) is 0 Å². The summed E-state index contributed by atoms with van der Waals surface area (Å²) < 4.78 is 13.7. The molecule has 3 aromatic rings. The number of nitrogens with one attached hydrogen (secondary N) is 1. The van der Waals surface area contributed by atoms with Crippen LogP contribution >= 0.6 is 34.7 Å². The lowest BCUT2D eigenvalue weighted by molar-refractivity contribution is 0.588. The predicted molar refractivity (Wildman–Crippen MR) is 109 cm³/mol. The zero-order valence-corrected chi connectivity index (χ0v) is 17.4. The molecule has 0 aliphatic heterocycles. The van der Waals surface area contributed by atoms with Crippen LogP contribution in [0.25, 0.3) is 11.0 Å². The van der Waals surface area contributed by atoms with Crippen molar-refractivity contribution in [2.75, 3.05) is 18.6 Å². The summed E-state index contributed by atoms with van der Waals surface area (Å²) in [6.45, 7) is 3.48. The highest BCUT2D eigenvalue weighted by Crippen LogP contribution is 2.43. The number of hydrogen-bond acceptors (Lipinski definition) is 6. The van der Waals surface area contributed by atoms with Crippen molar-refractivity contribution in [3.05, 3.63) is 40.0 Å². The van der Waals surface area contributed by atoms with Crippen molar-refractivity contribution in [1.29, 1.82) is 0 Å². The number of nitrogens with zero attached hydrogens (tertiary/aromatic N) is 4. The Kier molecular flexibility index (Phi) is 4.49. The molecule has 0 amide bonds. The van der Waals surface area contributed by atoms with E-state index < -0.39 is 7.14 Å². The fraction of sp³-hybridized carbons (Fsp3) is 0.294. The van der Waals surface area contributed by atoms with Crippen LogP contribution in [0.15, 0.2) is 29.0 Å². The molecule has 1 fully saturated rings. The van der Waals surface area contributed by atoms with Gasteiger partial charge in [-0.15, -0.1) is 0 Å². The summed E-state index contributed by atoms with van der Waals surface area (Å²) in [6.07, 6.45) is 5.57. The lowest BCUT2D eigenvalue weighted by Crippen LogP contribution is -2.14. The van der Waals surface area contributed by atoms with E-state index in [4.69, 9.17) is 11.6 Å². The van der Waals surface area contributed by atoms with Crippen LogP contribution in [0.3, 0.4) is 0 Å². The molecule has 1 saturated carbocycles. The van der Waals surface area contributed by atoms with Gasteiger partial charge in [0.2, 0.25) is 5.28 Å². The Labute approximate surface area is 164 Å². The number of pyridine rings is 2. The van der Waals surface area contributed by atoms with E-state index in [-0.39, 0.29) is 5.28 Å². The molecule has 4 rings (SSSR count). The van der Waals surface area contributed by atoms with E-state index in [9.17, 15) is 4.57 Å². The molecule has 26 heavy (non-hydrogen) atoms. The van der Waals surface area contributed by atoms with Gasteiger partial charge in [0, 0.05) is 28.5 Å². The van der Waals surface area contributed by atoms with Crippen LogP contribution in [0.1, 0.15) is 24.5 Å². The Morgan fingerprint density at radius 1 is 1.19 bits per heavy atom. The van der Waals surface area contributed by atoms with Crippen LogP contribution < -0.4 is 10.6 Å². The van der Waals surface area contributed by atoms with Crippen LogP contribution in [-0.2, 0) is 4.57 Å². The second-order valence-electron chi connectivity index (χ2n) is 6.71. The highest BCUT2D eigenvalue weighted by atomic mass is 79.9.